The van der Waals surface area contributed by atoms with Crippen LogP contribution in [0.2, 0.25) is 0 Å². The van der Waals surface area contributed by atoms with Gasteiger partial charge in [0.05, 0.1) is 6.20 Å². The van der Waals surface area contributed by atoms with E-state index in [0.29, 0.717) is 31.0 Å². The van der Waals surface area contributed by atoms with Gasteiger partial charge in [0.15, 0.2) is 11.7 Å². The largest absolute Gasteiger partial charge is 0.441 e. The van der Waals surface area contributed by atoms with Crippen LogP contribution in [0.1, 0.15) is 26.2 Å². The molecular formula is C17H22BrN3O2. The Morgan fingerprint density at radius 2 is 2.17 bits per heavy atom. The predicted octanol–water partition coefficient (Wildman–Crippen LogP) is 3.15. The lowest BCUT2D eigenvalue weighted by molar-refractivity contribution is -0.121. The Labute approximate surface area is 145 Å². The van der Waals surface area contributed by atoms with Gasteiger partial charge < -0.3 is 15.1 Å². The molecule has 0 radical (unpaired) electrons. The highest BCUT2D eigenvalue weighted by Gasteiger charge is 2.11. The fourth-order valence-corrected chi connectivity index (χ4v) is 2.69. The van der Waals surface area contributed by atoms with E-state index in [4.69, 9.17) is 4.42 Å². The van der Waals surface area contributed by atoms with Gasteiger partial charge in [0, 0.05) is 35.5 Å². The molecule has 2 rings (SSSR count). The molecule has 0 fully saturated rings. The van der Waals surface area contributed by atoms with Crippen LogP contribution in [0.4, 0.5) is 0 Å². The second-order valence-electron chi connectivity index (χ2n) is 5.36. The fourth-order valence-electron chi connectivity index (χ4n) is 2.21. The first kappa shape index (κ1) is 17.7. The first-order chi connectivity index (χ1) is 11.1. The number of amides is 1. The molecule has 124 valence electrons. The van der Waals surface area contributed by atoms with Crippen LogP contribution in [0.25, 0.3) is 11.3 Å². The van der Waals surface area contributed by atoms with Crippen LogP contribution in [0.3, 0.4) is 0 Å². The minimum Gasteiger partial charge on any atom is -0.441 e. The molecular weight excluding hydrogens is 358 g/mol. The number of benzene rings is 1. The number of hydrogen-bond acceptors (Lipinski definition) is 4. The first-order valence-corrected chi connectivity index (χ1v) is 8.59. The van der Waals surface area contributed by atoms with E-state index < -0.39 is 0 Å². The van der Waals surface area contributed by atoms with Crippen molar-refractivity contribution in [3.8, 4) is 11.3 Å². The number of halogens is 1. The highest BCUT2D eigenvalue weighted by atomic mass is 79.9. The van der Waals surface area contributed by atoms with Crippen molar-refractivity contribution >= 4 is 21.8 Å². The zero-order valence-electron chi connectivity index (χ0n) is 13.4. The number of likely N-dealkylation sites (N-methyl/N-ethyl adjacent to an activating group) is 1. The fraction of sp³-hybridized carbons (Fsp3) is 0.412. The lowest BCUT2D eigenvalue weighted by atomic mass is 10.2. The summed E-state index contributed by atoms with van der Waals surface area (Å²) in [6.07, 6.45) is 2.56. The summed E-state index contributed by atoms with van der Waals surface area (Å²) in [6, 6.07) is 8.08. The molecule has 0 bridgehead atoms. The Bertz CT molecular complexity index is 642. The molecule has 23 heavy (non-hydrogen) atoms. The lowest BCUT2D eigenvalue weighted by Gasteiger charge is -2.12. The molecule has 0 aliphatic carbocycles. The van der Waals surface area contributed by atoms with Crippen LogP contribution < -0.4 is 10.6 Å². The summed E-state index contributed by atoms with van der Waals surface area (Å²) >= 11 is 3.49. The molecule has 0 saturated heterocycles. The smallest absolute Gasteiger partial charge is 0.220 e. The summed E-state index contributed by atoms with van der Waals surface area (Å²) in [5, 5.41) is 6.16. The van der Waals surface area contributed by atoms with Crippen LogP contribution >= 0.6 is 15.9 Å². The monoisotopic (exact) mass is 379 g/mol. The van der Waals surface area contributed by atoms with Gasteiger partial charge in [-0.2, -0.15) is 0 Å². The zero-order valence-corrected chi connectivity index (χ0v) is 15.0. The van der Waals surface area contributed by atoms with Gasteiger partial charge in [-0.05, 0) is 19.5 Å². The zero-order chi connectivity index (χ0) is 16.7. The maximum Gasteiger partial charge on any atom is 0.220 e. The topological polar surface area (TPSA) is 67.2 Å². The van der Waals surface area contributed by atoms with Gasteiger partial charge in [0.25, 0.3) is 0 Å². The van der Waals surface area contributed by atoms with Crippen molar-refractivity contribution in [2.75, 3.05) is 13.1 Å². The highest BCUT2D eigenvalue weighted by molar-refractivity contribution is 9.10. The molecule has 1 atom stereocenters. The van der Waals surface area contributed by atoms with Crippen molar-refractivity contribution in [3.63, 3.8) is 0 Å². The van der Waals surface area contributed by atoms with Crippen LogP contribution in [-0.4, -0.2) is 30.0 Å². The molecule has 0 unspecified atom stereocenters. The average molecular weight is 380 g/mol. The molecule has 0 spiro atoms. The number of hydrogen-bond donors (Lipinski definition) is 2. The number of carbonyl (C=O) groups is 1. The van der Waals surface area contributed by atoms with E-state index in [1.54, 1.807) is 6.20 Å². The first-order valence-electron chi connectivity index (χ1n) is 7.79. The third-order valence-corrected chi connectivity index (χ3v) is 4.11. The molecule has 1 amide bonds. The van der Waals surface area contributed by atoms with Gasteiger partial charge in [-0.15, -0.1) is 0 Å². The van der Waals surface area contributed by atoms with E-state index in [9.17, 15) is 4.79 Å². The molecule has 6 heteroatoms. The Kier molecular flexibility index (Phi) is 6.80. The minimum atomic E-state index is 0.00962. The van der Waals surface area contributed by atoms with Gasteiger partial charge in [-0.3, -0.25) is 4.79 Å². The van der Waals surface area contributed by atoms with E-state index >= 15 is 0 Å². The number of aryl methyl sites for hydroxylation is 1. The van der Waals surface area contributed by atoms with E-state index in [2.05, 4.69) is 31.5 Å². The number of nitrogens with one attached hydrogen (secondary N) is 2. The third kappa shape index (κ3) is 5.48. The van der Waals surface area contributed by atoms with Crippen molar-refractivity contribution in [2.24, 2.45) is 0 Å². The van der Waals surface area contributed by atoms with E-state index in [0.717, 1.165) is 16.6 Å². The second-order valence-corrected chi connectivity index (χ2v) is 6.22. The van der Waals surface area contributed by atoms with Crippen molar-refractivity contribution in [1.82, 2.24) is 15.6 Å². The van der Waals surface area contributed by atoms with Crippen molar-refractivity contribution in [3.05, 3.63) is 40.8 Å². The Morgan fingerprint density at radius 3 is 2.91 bits per heavy atom. The molecule has 1 aromatic heterocycles. The van der Waals surface area contributed by atoms with Crippen LogP contribution in [0.15, 0.2) is 39.4 Å². The SMILES string of the molecule is CCN[C@H](C)CNC(=O)CCc1ncc(-c2ccccc2Br)o1. The highest BCUT2D eigenvalue weighted by Crippen LogP contribution is 2.28. The number of oxazole rings is 1. The van der Waals surface area contributed by atoms with Crippen molar-refractivity contribution in [2.45, 2.75) is 32.7 Å². The third-order valence-electron chi connectivity index (χ3n) is 3.42. The van der Waals surface area contributed by atoms with E-state index in [-0.39, 0.29) is 11.9 Å². The summed E-state index contributed by atoms with van der Waals surface area (Å²) in [7, 11) is 0. The summed E-state index contributed by atoms with van der Waals surface area (Å²) < 4.78 is 6.69. The Hall–Kier alpha value is -1.66. The van der Waals surface area contributed by atoms with Crippen LogP contribution in [-0.2, 0) is 11.2 Å². The molecule has 0 aliphatic heterocycles. The predicted molar refractivity (Wildman–Crippen MR) is 94.1 cm³/mol. The number of carbonyl (C=O) groups excluding carboxylic acids is 1. The molecule has 1 aromatic carbocycles. The van der Waals surface area contributed by atoms with E-state index in [1.165, 1.54) is 0 Å². The van der Waals surface area contributed by atoms with Gasteiger partial charge in [-0.25, -0.2) is 4.98 Å². The molecule has 2 N–H and O–H groups in total. The van der Waals surface area contributed by atoms with Crippen molar-refractivity contribution < 1.29 is 9.21 Å². The summed E-state index contributed by atoms with van der Waals surface area (Å²) in [4.78, 5) is 16.1. The second kappa shape index (κ2) is 8.84. The standard InChI is InChI=1S/C17H22BrN3O2/c1-3-19-12(2)10-20-16(22)8-9-17-21-11-15(23-17)13-6-4-5-7-14(13)18/h4-7,11-12,19H,3,8-10H2,1-2H3,(H,20,22)/t12-/m1/s1. The normalized spacial score (nSPS) is 12.1. The molecule has 2 aromatic rings. The maximum absolute atomic E-state index is 11.8. The van der Waals surface area contributed by atoms with Gasteiger partial charge in [-0.1, -0.05) is 41.1 Å². The number of rotatable bonds is 8. The maximum atomic E-state index is 11.8. The summed E-state index contributed by atoms with van der Waals surface area (Å²) in [6.45, 7) is 5.61. The Morgan fingerprint density at radius 1 is 1.39 bits per heavy atom. The Balaban J connectivity index is 1.83. The van der Waals surface area contributed by atoms with Gasteiger partial charge in [0.2, 0.25) is 5.91 Å². The lowest BCUT2D eigenvalue weighted by Crippen LogP contribution is -2.38. The van der Waals surface area contributed by atoms with Crippen molar-refractivity contribution in [1.29, 1.82) is 0 Å². The molecule has 0 aliphatic rings. The summed E-state index contributed by atoms with van der Waals surface area (Å²) in [5.74, 6) is 1.29. The minimum absolute atomic E-state index is 0.00962. The van der Waals surface area contributed by atoms with E-state index in [1.807, 2.05) is 38.1 Å². The molecule has 0 saturated carbocycles. The quantitative estimate of drug-likeness (QED) is 0.739. The van der Waals surface area contributed by atoms with Gasteiger partial charge in [0.1, 0.15) is 0 Å². The number of aromatic nitrogens is 1. The summed E-state index contributed by atoms with van der Waals surface area (Å²) in [5.41, 5.74) is 0.954. The molecule has 1 heterocycles. The van der Waals surface area contributed by atoms with Gasteiger partial charge >= 0.3 is 0 Å². The molecule has 5 nitrogen and oxygen atoms in total. The number of nitrogens with zero attached hydrogens (tertiary/aromatic N) is 1. The van der Waals surface area contributed by atoms with Crippen LogP contribution in [0.5, 0.6) is 0 Å². The van der Waals surface area contributed by atoms with Crippen LogP contribution in [0, 0.1) is 0 Å². The average Bonchev–Trinajstić information content (AvgIpc) is 3.00.